The van der Waals surface area contributed by atoms with E-state index in [0.717, 1.165) is 47.4 Å². The van der Waals surface area contributed by atoms with Crippen LogP contribution in [0.1, 0.15) is 40.8 Å². The standard InChI is InChI=1S/C21H24N2O2S2/c1-14-7-9-17(10-8-14)27(25)13-16(24)12-26-21-20(11-22)19-6-4-3-5-18(19)15(2)23-21/h7-10,16,24H,3-6,12-13H2,1-2H3. The summed E-state index contributed by atoms with van der Waals surface area (Å²) in [5, 5.41) is 20.7. The van der Waals surface area contributed by atoms with Crippen molar-refractivity contribution in [3.63, 3.8) is 0 Å². The molecule has 0 aliphatic heterocycles. The van der Waals surface area contributed by atoms with Crippen LogP contribution in [0, 0.1) is 25.2 Å². The molecule has 1 aliphatic rings. The zero-order valence-corrected chi connectivity index (χ0v) is 17.3. The summed E-state index contributed by atoms with van der Waals surface area (Å²) in [6.45, 7) is 3.98. The Labute approximate surface area is 167 Å². The Kier molecular flexibility index (Phi) is 6.69. The van der Waals surface area contributed by atoms with Crippen molar-refractivity contribution in [3.8, 4) is 6.07 Å². The van der Waals surface area contributed by atoms with Crippen molar-refractivity contribution in [2.24, 2.45) is 0 Å². The van der Waals surface area contributed by atoms with E-state index in [2.05, 4.69) is 11.1 Å². The van der Waals surface area contributed by atoms with Gasteiger partial charge in [0.25, 0.3) is 0 Å². The number of nitriles is 1. The third-order valence-electron chi connectivity index (χ3n) is 4.84. The van der Waals surface area contributed by atoms with E-state index in [0.29, 0.717) is 16.3 Å². The van der Waals surface area contributed by atoms with Gasteiger partial charge in [-0.1, -0.05) is 17.7 Å². The fourth-order valence-electron chi connectivity index (χ4n) is 3.39. The highest BCUT2D eigenvalue weighted by Gasteiger charge is 2.21. The second-order valence-corrected chi connectivity index (χ2v) is 9.45. The van der Waals surface area contributed by atoms with Gasteiger partial charge in [0, 0.05) is 16.3 Å². The highest BCUT2D eigenvalue weighted by atomic mass is 32.2. The van der Waals surface area contributed by atoms with Crippen LogP contribution in [-0.2, 0) is 23.6 Å². The molecule has 0 saturated carbocycles. The summed E-state index contributed by atoms with van der Waals surface area (Å²) in [6, 6.07) is 9.85. The molecule has 6 heteroatoms. The Hall–Kier alpha value is -1.68. The lowest BCUT2D eigenvalue weighted by atomic mass is 9.88. The van der Waals surface area contributed by atoms with Gasteiger partial charge in [0.05, 0.1) is 28.2 Å². The van der Waals surface area contributed by atoms with Crippen molar-refractivity contribution in [2.75, 3.05) is 11.5 Å². The minimum absolute atomic E-state index is 0.182. The summed E-state index contributed by atoms with van der Waals surface area (Å²) in [6.07, 6.45) is 3.45. The zero-order chi connectivity index (χ0) is 19.4. The molecule has 2 unspecified atom stereocenters. The van der Waals surface area contributed by atoms with Crippen LogP contribution in [0.25, 0.3) is 0 Å². The van der Waals surface area contributed by atoms with Crippen LogP contribution in [0.2, 0.25) is 0 Å². The highest BCUT2D eigenvalue weighted by Crippen LogP contribution is 2.32. The van der Waals surface area contributed by atoms with Crippen molar-refractivity contribution in [1.82, 2.24) is 4.98 Å². The van der Waals surface area contributed by atoms with E-state index in [1.54, 1.807) is 0 Å². The molecule has 0 amide bonds. The Morgan fingerprint density at radius 1 is 1.22 bits per heavy atom. The SMILES string of the molecule is Cc1ccc(S(=O)CC(O)CSc2nc(C)c3c(c2C#N)CCCC3)cc1. The minimum atomic E-state index is -1.24. The van der Waals surface area contributed by atoms with Crippen LogP contribution < -0.4 is 0 Å². The molecule has 1 aliphatic carbocycles. The van der Waals surface area contributed by atoms with Gasteiger partial charge < -0.3 is 5.11 Å². The number of pyridine rings is 1. The molecule has 1 heterocycles. The molecular formula is C21H24N2O2S2. The fourth-order valence-corrected chi connectivity index (χ4v) is 5.62. The van der Waals surface area contributed by atoms with E-state index in [4.69, 9.17) is 0 Å². The van der Waals surface area contributed by atoms with Crippen molar-refractivity contribution < 1.29 is 9.32 Å². The van der Waals surface area contributed by atoms with Crippen LogP contribution >= 0.6 is 11.8 Å². The van der Waals surface area contributed by atoms with Gasteiger partial charge in [0.15, 0.2) is 0 Å². The van der Waals surface area contributed by atoms with Gasteiger partial charge in [-0.05, 0) is 62.8 Å². The monoisotopic (exact) mass is 400 g/mol. The minimum Gasteiger partial charge on any atom is -0.391 e. The molecule has 1 aromatic heterocycles. The van der Waals surface area contributed by atoms with Crippen molar-refractivity contribution in [3.05, 3.63) is 52.2 Å². The molecule has 3 rings (SSSR count). The van der Waals surface area contributed by atoms with Crippen LogP contribution in [0.15, 0.2) is 34.2 Å². The van der Waals surface area contributed by atoms with Gasteiger partial charge in [0.1, 0.15) is 11.1 Å². The topological polar surface area (TPSA) is 74.0 Å². The quantitative estimate of drug-likeness (QED) is 0.748. The molecule has 2 aromatic rings. The third kappa shape index (κ3) is 4.78. The average Bonchev–Trinajstić information content (AvgIpc) is 2.67. The van der Waals surface area contributed by atoms with Gasteiger partial charge in [-0.3, -0.25) is 4.21 Å². The van der Waals surface area contributed by atoms with Gasteiger partial charge in [0.2, 0.25) is 0 Å². The summed E-state index contributed by atoms with van der Waals surface area (Å²) in [7, 11) is -1.24. The van der Waals surface area contributed by atoms with E-state index >= 15 is 0 Å². The number of thioether (sulfide) groups is 1. The van der Waals surface area contributed by atoms with E-state index in [-0.39, 0.29) is 5.75 Å². The molecule has 142 valence electrons. The van der Waals surface area contributed by atoms with Crippen LogP contribution in [0.3, 0.4) is 0 Å². The van der Waals surface area contributed by atoms with E-state index in [9.17, 15) is 14.6 Å². The predicted molar refractivity (Wildman–Crippen MR) is 110 cm³/mol. The van der Waals surface area contributed by atoms with Gasteiger partial charge >= 0.3 is 0 Å². The van der Waals surface area contributed by atoms with Crippen molar-refractivity contribution in [1.29, 1.82) is 5.26 Å². The molecule has 2 atom stereocenters. The number of aliphatic hydroxyl groups excluding tert-OH is 1. The maximum absolute atomic E-state index is 12.4. The summed E-state index contributed by atoms with van der Waals surface area (Å²) in [4.78, 5) is 5.36. The molecule has 4 nitrogen and oxygen atoms in total. The summed E-state index contributed by atoms with van der Waals surface area (Å²) in [5.74, 6) is 0.555. The smallest absolute Gasteiger partial charge is 0.114 e. The molecule has 27 heavy (non-hydrogen) atoms. The number of rotatable bonds is 6. The molecule has 0 spiro atoms. The Balaban J connectivity index is 1.67. The molecule has 0 bridgehead atoms. The normalized spacial score (nSPS) is 15.6. The first-order chi connectivity index (χ1) is 13.0. The number of fused-ring (bicyclic) bond motifs is 1. The molecular weight excluding hydrogens is 376 g/mol. The van der Waals surface area contributed by atoms with Crippen LogP contribution in [0.4, 0.5) is 0 Å². The van der Waals surface area contributed by atoms with E-state index < -0.39 is 16.9 Å². The number of nitrogens with zero attached hydrogens (tertiary/aromatic N) is 2. The predicted octanol–water partition coefficient (Wildman–Crippen LogP) is 3.71. The summed E-state index contributed by atoms with van der Waals surface area (Å²) in [5.41, 5.74) is 5.13. The molecule has 1 N–H and O–H groups in total. The first-order valence-corrected chi connectivity index (χ1v) is 11.5. The third-order valence-corrected chi connectivity index (χ3v) is 7.45. The Bertz CT molecular complexity index is 889. The van der Waals surface area contributed by atoms with Gasteiger partial charge in [-0.15, -0.1) is 11.8 Å². The lowest BCUT2D eigenvalue weighted by Crippen LogP contribution is -2.20. The highest BCUT2D eigenvalue weighted by molar-refractivity contribution is 7.99. The number of aliphatic hydroxyl groups is 1. The molecule has 0 radical (unpaired) electrons. The summed E-state index contributed by atoms with van der Waals surface area (Å²) < 4.78 is 12.4. The van der Waals surface area contributed by atoms with Gasteiger partial charge in [-0.2, -0.15) is 5.26 Å². The van der Waals surface area contributed by atoms with Crippen molar-refractivity contribution in [2.45, 2.75) is 55.6 Å². The summed E-state index contributed by atoms with van der Waals surface area (Å²) >= 11 is 1.39. The maximum atomic E-state index is 12.4. The zero-order valence-electron chi connectivity index (χ0n) is 15.7. The maximum Gasteiger partial charge on any atom is 0.114 e. The second kappa shape index (κ2) is 9.01. The number of hydrogen-bond acceptors (Lipinski definition) is 5. The average molecular weight is 401 g/mol. The van der Waals surface area contributed by atoms with E-state index in [1.807, 2.05) is 38.1 Å². The Morgan fingerprint density at radius 3 is 2.56 bits per heavy atom. The second-order valence-electron chi connectivity index (χ2n) is 6.94. The number of aromatic nitrogens is 1. The fraction of sp³-hybridized carbons (Fsp3) is 0.429. The Morgan fingerprint density at radius 2 is 1.89 bits per heavy atom. The molecule has 0 fully saturated rings. The number of benzene rings is 1. The van der Waals surface area contributed by atoms with Crippen LogP contribution in [0.5, 0.6) is 0 Å². The number of hydrogen-bond donors (Lipinski definition) is 1. The van der Waals surface area contributed by atoms with Crippen LogP contribution in [-0.4, -0.2) is 31.9 Å². The van der Waals surface area contributed by atoms with Gasteiger partial charge in [-0.25, -0.2) is 4.98 Å². The first-order valence-electron chi connectivity index (χ1n) is 9.18. The van der Waals surface area contributed by atoms with Crippen molar-refractivity contribution >= 4 is 22.6 Å². The molecule has 1 aromatic carbocycles. The number of aryl methyl sites for hydroxylation is 2. The lowest BCUT2D eigenvalue weighted by molar-refractivity contribution is 0.224. The first kappa shape index (κ1) is 20.1. The lowest BCUT2D eigenvalue weighted by Gasteiger charge is -2.21. The van der Waals surface area contributed by atoms with E-state index in [1.165, 1.54) is 17.3 Å². The molecule has 0 saturated heterocycles. The largest absolute Gasteiger partial charge is 0.391 e.